The highest BCUT2D eigenvalue weighted by atomic mass is 16.3. The van der Waals surface area contributed by atoms with Gasteiger partial charge in [0, 0.05) is 12.5 Å². The van der Waals surface area contributed by atoms with Gasteiger partial charge in [0.25, 0.3) is 0 Å². The van der Waals surface area contributed by atoms with Crippen LogP contribution < -0.4 is 0 Å². The van der Waals surface area contributed by atoms with E-state index in [1.54, 1.807) is 0 Å². The molecule has 0 radical (unpaired) electrons. The number of amides is 1. The van der Waals surface area contributed by atoms with Crippen molar-refractivity contribution >= 4 is 5.91 Å². The summed E-state index contributed by atoms with van der Waals surface area (Å²) in [5, 5.41) is 9.10. The molecule has 0 spiro atoms. The predicted octanol–water partition coefficient (Wildman–Crippen LogP) is 1.41. The Morgan fingerprint density at radius 1 is 1.64 bits per heavy atom. The molecule has 14 heavy (non-hydrogen) atoms. The van der Waals surface area contributed by atoms with Crippen LogP contribution in [0, 0.1) is 5.92 Å². The zero-order chi connectivity index (χ0) is 10.6. The largest absolute Gasteiger partial charge is 0.394 e. The van der Waals surface area contributed by atoms with Gasteiger partial charge in [-0.05, 0) is 19.3 Å². The molecule has 82 valence electrons. The maximum Gasteiger partial charge on any atom is 0.225 e. The van der Waals surface area contributed by atoms with Crippen molar-refractivity contribution in [2.45, 2.75) is 45.6 Å². The highest BCUT2D eigenvalue weighted by molar-refractivity contribution is 5.79. The fourth-order valence-corrected chi connectivity index (χ4v) is 2.16. The van der Waals surface area contributed by atoms with Gasteiger partial charge >= 0.3 is 0 Å². The van der Waals surface area contributed by atoms with Gasteiger partial charge in [0.1, 0.15) is 0 Å². The summed E-state index contributed by atoms with van der Waals surface area (Å²) in [6.45, 7) is 5.03. The summed E-state index contributed by atoms with van der Waals surface area (Å²) in [6, 6.07) is 0.0850. The average Bonchev–Trinajstić information content (AvgIpc) is 2.64. The van der Waals surface area contributed by atoms with Crippen LogP contribution in [-0.2, 0) is 4.79 Å². The molecule has 1 fully saturated rings. The summed E-state index contributed by atoms with van der Waals surface area (Å²) in [4.78, 5) is 13.8. The van der Waals surface area contributed by atoms with Gasteiger partial charge in [0.05, 0.1) is 12.6 Å². The first kappa shape index (κ1) is 11.5. The lowest BCUT2D eigenvalue weighted by molar-refractivity contribution is -0.136. The molecule has 3 nitrogen and oxygen atoms in total. The second-order valence-electron chi connectivity index (χ2n) is 4.20. The van der Waals surface area contributed by atoms with Gasteiger partial charge in [-0.3, -0.25) is 4.79 Å². The van der Waals surface area contributed by atoms with Gasteiger partial charge in [-0.25, -0.2) is 0 Å². The number of nitrogens with zero attached hydrogens (tertiary/aromatic N) is 1. The maximum absolute atomic E-state index is 11.9. The zero-order valence-electron chi connectivity index (χ0n) is 9.20. The minimum absolute atomic E-state index is 0.0850. The second-order valence-corrected chi connectivity index (χ2v) is 4.20. The molecule has 1 heterocycles. The molecule has 3 heteroatoms. The molecule has 0 aliphatic carbocycles. The van der Waals surface area contributed by atoms with Gasteiger partial charge in [-0.1, -0.05) is 20.3 Å². The summed E-state index contributed by atoms with van der Waals surface area (Å²) >= 11 is 0. The third kappa shape index (κ3) is 2.47. The first-order valence-corrected chi connectivity index (χ1v) is 5.62. The molecule has 1 unspecified atom stereocenters. The van der Waals surface area contributed by atoms with Crippen LogP contribution >= 0.6 is 0 Å². The highest BCUT2D eigenvalue weighted by Gasteiger charge is 2.30. The fourth-order valence-electron chi connectivity index (χ4n) is 2.16. The number of rotatable bonds is 4. The molecule has 1 saturated heterocycles. The Hall–Kier alpha value is -0.570. The monoisotopic (exact) mass is 199 g/mol. The smallest absolute Gasteiger partial charge is 0.225 e. The van der Waals surface area contributed by atoms with E-state index in [9.17, 15) is 4.79 Å². The average molecular weight is 199 g/mol. The molecule has 0 aromatic carbocycles. The van der Waals surface area contributed by atoms with E-state index in [0.29, 0.717) is 0 Å². The highest BCUT2D eigenvalue weighted by Crippen LogP contribution is 2.20. The molecule has 1 aliphatic heterocycles. The molecule has 1 aliphatic rings. The van der Waals surface area contributed by atoms with Crippen molar-refractivity contribution in [1.82, 2.24) is 4.90 Å². The Labute approximate surface area is 86.1 Å². The quantitative estimate of drug-likeness (QED) is 0.743. The molecule has 2 atom stereocenters. The summed E-state index contributed by atoms with van der Waals surface area (Å²) in [7, 11) is 0. The predicted molar refractivity (Wildman–Crippen MR) is 55.9 cm³/mol. The van der Waals surface area contributed by atoms with Gasteiger partial charge in [-0.15, -0.1) is 0 Å². The minimum Gasteiger partial charge on any atom is -0.394 e. The number of hydrogen-bond donors (Lipinski definition) is 1. The van der Waals surface area contributed by atoms with Gasteiger partial charge in [0.15, 0.2) is 0 Å². The standard InChI is InChI=1S/C11H21NO2/c1-3-5-9(2)11(14)12-7-4-6-10(12)8-13/h9-10,13H,3-8H2,1-2H3/t9?,10-/m0/s1. The minimum atomic E-state index is 0.0850. The van der Waals surface area contributed by atoms with Crippen LogP contribution in [0.3, 0.4) is 0 Å². The van der Waals surface area contributed by atoms with Gasteiger partial charge < -0.3 is 10.0 Å². The lowest BCUT2D eigenvalue weighted by atomic mass is 10.0. The molecule has 1 amide bonds. The summed E-state index contributed by atoms with van der Waals surface area (Å²) in [5.41, 5.74) is 0. The number of likely N-dealkylation sites (tertiary alicyclic amines) is 1. The molecule has 1 rings (SSSR count). The lowest BCUT2D eigenvalue weighted by Gasteiger charge is -2.26. The van der Waals surface area contributed by atoms with Crippen molar-refractivity contribution < 1.29 is 9.90 Å². The normalized spacial score (nSPS) is 23.9. The van der Waals surface area contributed by atoms with Crippen molar-refractivity contribution in [2.75, 3.05) is 13.2 Å². The van der Waals surface area contributed by atoms with E-state index >= 15 is 0 Å². The topological polar surface area (TPSA) is 40.5 Å². The molecule has 0 bridgehead atoms. The Kier molecular flexibility index (Phi) is 4.39. The van der Waals surface area contributed by atoms with Crippen LogP contribution in [0.2, 0.25) is 0 Å². The van der Waals surface area contributed by atoms with Crippen LogP contribution in [0.5, 0.6) is 0 Å². The van der Waals surface area contributed by atoms with Crippen LogP contribution in [0.25, 0.3) is 0 Å². The number of aliphatic hydroxyl groups excluding tert-OH is 1. The van der Waals surface area contributed by atoms with E-state index in [4.69, 9.17) is 5.11 Å². The number of aliphatic hydroxyl groups is 1. The van der Waals surface area contributed by atoms with E-state index in [1.165, 1.54) is 0 Å². The summed E-state index contributed by atoms with van der Waals surface area (Å²) in [5.74, 6) is 0.343. The number of carbonyl (C=O) groups is 1. The first-order valence-electron chi connectivity index (χ1n) is 5.62. The number of carbonyl (C=O) groups excluding carboxylic acids is 1. The maximum atomic E-state index is 11.9. The Balaban J connectivity index is 2.50. The van der Waals surface area contributed by atoms with Crippen LogP contribution in [0.4, 0.5) is 0 Å². The van der Waals surface area contributed by atoms with Crippen LogP contribution in [0.15, 0.2) is 0 Å². The molecule has 1 N–H and O–H groups in total. The molecule has 0 aromatic rings. The Morgan fingerprint density at radius 3 is 2.93 bits per heavy atom. The van der Waals surface area contributed by atoms with E-state index in [0.717, 1.165) is 32.2 Å². The molecule has 0 aromatic heterocycles. The zero-order valence-corrected chi connectivity index (χ0v) is 9.20. The van der Waals surface area contributed by atoms with Crippen LogP contribution in [-0.4, -0.2) is 35.1 Å². The number of hydrogen-bond acceptors (Lipinski definition) is 2. The Bertz CT molecular complexity index is 194. The molecular formula is C11H21NO2. The Morgan fingerprint density at radius 2 is 2.36 bits per heavy atom. The van der Waals surface area contributed by atoms with E-state index in [-0.39, 0.29) is 24.5 Å². The SMILES string of the molecule is CCCC(C)C(=O)N1CCC[C@H]1CO. The second kappa shape index (κ2) is 5.35. The van der Waals surface area contributed by atoms with Crippen molar-refractivity contribution in [3.63, 3.8) is 0 Å². The van der Waals surface area contributed by atoms with Crippen molar-refractivity contribution in [3.8, 4) is 0 Å². The van der Waals surface area contributed by atoms with Crippen molar-refractivity contribution in [2.24, 2.45) is 5.92 Å². The lowest BCUT2D eigenvalue weighted by Crippen LogP contribution is -2.40. The van der Waals surface area contributed by atoms with Gasteiger partial charge in [-0.2, -0.15) is 0 Å². The third-order valence-electron chi connectivity index (χ3n) is 3.01. The van der Waals surface area contributed by atoms with E-state index in [1.807, 2.05) is 11.8 Å². The fraction of sp³-hybridized carbons (Fsp3) is 0.909. The van der Waals surface area contributed by atoms with E-state index in [2.05, 4.69) is 6.92 Å². The van der Waals surface area contributed by atoms with Crippen molar-refractivity contribution in [1.29, 1.82) is 0 Å². The summed E-state index contributed by atoms with van der Waals surface area (Å²) in [6.07, 6.45) is 3.99. The van der Waals surface area contributed by atoms with Crippen LogP contribution in [0.1, 0.15) is 39.5 Å². The van der Waals surface area contributed by atoms with Crippen molar-refractivity contribution in [3.05, 3.63) is 0 Å². The third-order valence-corrected chi connectivity index (χ3v) is 3.01. The van der Waals surface area contributed by atoms with Gasteiger partial charge in [0.2, 0.25) is 5.91 Å². The molecule has 0 saturated carbocycles. The molecular weight excluding hydrogens is 178 g/mol. The van der Waals surface area contributed by atoms with E-state index < -0.39 is 0 Å². The first-order chi connectivity index (χ1) is 6.70. The summed E-state index contributed by atoms with van der Waals surface area (Å²) < 4.78 is 0.